The average Bonchev–Trinajstić information content (AvgIpc) is 3.31. The molecule has 0 unspecified atom stereocenters. The van der Waals surface area contributed by atoms with Crippen molar-refractivity contribution in [3.63, 3.8) is 0 Å². The maximum absolute atomic E-state index is 2.43. The van der Waals surface area contributed by atoms with Crippen LogP contribution in [0.5, 0.6) is 0 Å². The minimum absolute atomic E-state index is 1.21. The summed E-state index contributed by atoms with van der Waals surface area (Å²) in [6, 6.07) is 28.2. The average molecular weight is 352 g/mol. The largest absolute Gasteiger partial charge is 0.335 e. The van der Waals surface area contributed by atoms with Gasteiger partial charge in [-0.05, 0) is 24.3 Å². The molecule has 0 saturated heterocycles. The topological polar surface area (TPSA) is 9.86 Å². The SMILES string of the molecule is Cn1c2ccccc2c2c1sc1c3ccccc3n(-c3ccccc3)c12. The Kier molecular flexibility index (Phi) is 2.72. The minimum Gasteiger partial charge on any atom is -0.335 e. The summed E-state index contributed by atoms with van der Waals surface area (Å²) in [5, 5.41) is 4.02. The molecule has 0 aliphatic carbocycles. The van der Waals surface area contributed by atoms with Gasteiger partial charge in [-0.1, -0.05) is 54.6 Å². The maximum Gasteiger partial charge on any atom is 0.106 e. The van der Waals surface area contributed by atoms with Crippen LogP contribution < -0.4 is 0 Å². The highest BCUT2D eigenvalue weighted by molar-refractivity contribution is 7.26. The Balaban J connectivity index is 1.95. The third-order valence-corrected chi connectivity index (χ3v) is 6.62. The van der Waals surface area contributed by atoms with Gasteiger partial charge in [-0.25, -0.2) is 0 Å². The Labute approximate surface area is 154 Å². The van der Waals surface area contributed by atoms with Crippen molar-refractivity contribution in [3.8, 4) is 5.69 Å². The van der Waals surface area contributed by atoms with Gasteiger partial charge in [0.15, 0.2) is 0 Å². The van der Waals surface area contributed by atoms with Gasteiger partial charge in [-0.15, -0.1) is 11.3 Å². The van der Waals surface area contributed by atoms with Crippen LogP contribution in [-0.2, 0) is 7.05 Å². The zero-order valence-corrected chi connectivity index (χ0v) is 15.1. The molecule has 3 heteroatoms. The second kappa shape index (κ2) is 4.99. The molecule has 6 rings (SSSR count). The third-order valence-electron chi connectivity index (χ3n) is 5.33. The molecule has 3 aromatic carbocycles. The lowest BCUT2D eigenvalue weighted by atomic mass is 10.2. The summed E-state index contributed by atoms with van der Waals surface area (Å²) >= 11 is 1.90. The molecule has 0 bridgehead atoms. The highest BCUT2D eigenvalue weighted by atomic mass is 32.1. The van der Waals surface area contributed by atoms with Gasteiger partial charge in [-0.2, -0.15) is 0 Å². The van der Waals surface area contributed by atoms with Crippen LogP contribution in [0.4, 0.5) is 0 Å². The number of hydrogen-bond acceptors (Lipinski definition) is 1. The number of rotatable bonds is 1. The summed E-state index contributed by atoms with van der Waals surface area (Å²) in [6.07, 6.45) is 0. The van der Waals surface area contributed by atoms with Gasteiger partial charge in [0.25, 0.3) is 0 Å². The Morgan fingerprint density at radius 3 is 2.15 bits per heavy atom. The van der Waals surface area contributed by atoms with Crippen molar-refractivity contribution < 1.29 is 0 Å². The van der Waals surface area contributed by atoms with Crippen molar-refractivity contribution in [2.45, 2.75) is 0 Å². The van der Waals surface area contributed by atoms with E-state index in [-0.39, 0.29) is 0 Å². The molecule has 6 aromatic rings. The number of para-hydroxylation sites is 3. The van der Waals surface area contributed by atoms with E-state index in [1.165, 1.54) is 47.9 Å². The molecule has 0 aliphatic rings. The molecule has 2 nitrogen and oxygen atoms in total. The number of thiophene rings is 1. The van der Waals surface area contributed by atoms with E-state index in [2.05, 4.69) is 95.0 Å². The van der Waals surface area contributed by atoms with E-state index in [4.69, 9.17) is 0 Å². The Bertz CT molecular complexity index is 1430. The van der Waals surface area contributed by atoms with Crippen molar-refractivity contribution in [1.29, 1.82) is 0 Å². The smallest absolute Gasteiger partial charge is 0.106 e. The molecule has 0 atom stereocenters. The van der Waals surface area contributed by atoms with E-state index < -0.39 is 0 Å². The molecule has 26 heavy (non-hydrogen) atoms. The number of nitrogens with zero attached hydrogens (tertiary/aromatic N) is 2. The van der Waals surface area contributed by atoms with Crippen molar-refractivity contribution in [2.75, 3.05) is 0 Å². The Hall–Kier alpha value is -3.04. The van der Waals surface area contributed by atoms with E-state index in [1.807, 2.05) is 11.3 Å². The standard InChI is InChI=1S/C23H16N2S/c1-24-18-13-7-5-11-16(18)20-21-22(26-23(20)24)17-12-6-8-14-19(17)25(21)15-9-3-2-4-10-15/h2-14H,1H3. The number of aryl methyl sites for hydroxylation is 1. The first-order valence-electron chi connectivity index (χ1n) is 8.79. The number of hydrogen-bond donors (Lipinski definition) is 0. The molecule has 3 aromatic heterocycles. The number of fused-ring (bicyclic) bond motifs is 7. The lowest BCUT2D eigenvalue weighted by Gasteiger charge is -2.07. The van der Waals surface area contributed by atoms with Crippen LogP contribution in [0.25, 0.3) is 47.9 Å². The van der Waals surface area contributed by atoms with Crippen LogP contribution in [0.2, 0.25) is 0 Å². The molecule has 0 spiro atoms. The number of benzene rings is 3. The van der Waals surface area contributed by atoms with E-state index >= 15 is 0 Å². The first kappa shape index (κ1) is 14.2. The Morgan fingerprint density at radius 1 is 0.692 bits per heavy atom. The molecule has 124 valence electrons. The lowest BCUT2D eigenvalue weighted by Crippen LogP contribution is -1.92. The van der Waals surface area contributed by atoms with Crippen molar-refractivity contribution in [1.82, 2.24) is 9.13 Å². The van der Waals surface area contributed by atoms with Crippen LogP contribution in [0, 0.1) is 0 Å². The van der Waals surface area contributed by atoms with Gasteiger partial charge in [-0.3, -0.25) is 0 Å². The highest BCUT2D eigenvalue weighted by Gasteiger charge is 2.21. The lowest BCUT2D eigenvalue weighted by molar-refractivity contribution is 1.02. The molecule has 0 saturated carbocycles. The van der Waals surface area contributed by atoms with Crippen LogP contribution >= 0.6 is 11.3 Å². The summed E-state index contributed by atoms with van der Waals surface area (Å²) < 4.78 is 6.13. The van der Waals surface area contributed by atoms with Crippen LogP contribution in [0.3, 0.4) is 0 Å². The second-order valence-electron chi connectivity index (χ2n) is 6.72. The van der Waals surface area contributed by atoms with Crippen molar-refractivity contribution in [2.24, 2.45) is 7.05 Å². The predicted molar refractivity (Wildman–Crippen MR) is 113 cm³/mol. The number of aromatic nitrogens is 2. The van der Waals surface area contributed by atoms with Crippen LogP contribution in [-0.4, -0.2) is 9.13 Å². The normalized spacial score (nSPS) is 12.0. The van der Waals surface area contributed by atoms with Gasteiger partial charge in [0, 0.05) is 34.4 Å². The summed E-state index contributed by atoms with van der Waals surface area (Å²) in [5.74, 6) is 0. The zero-order valence-electron chi connectivity index (χ0n) is 14.3. The molecular weight excluding hydrogens is 336 g/mol. The van der Waals surface area contributed by atoms with Gasteiger partial charge < -0.3 is 9.13 Å². The fourth-order valence-electron chi connectivity index (χ4n) is 4.20. The maximum atomic E-state index is 2.43. The molecule has 0 amide bonds. The van der Waals surface area contributed by atoms with E-state index in [0.29, 0.717) is 0 Å². The van der Waals surface area contributed by atoms with Crippen molar-refractivity contribution >= 4 is 53.6 Å². The fraction of sp³-hybridized carbons (Fsp3) is 0.0435. The van der Waals surface area contributed by atoms with Gasteiger partial charge in [0.1, 0.15) is 4.83 Å². The second-order valence-corrected chi connectivity index (χ2v) is 7.72. The summed E-state index contributed by atoms with van der Waals surface area (Å²) in [5.41, 5.74) is 5.11. The highest BCUT2D eigenvalue weighted by Crippen LogP contribution is 2.45. The minimum atomic E-state index is 1.21. The summed E-state index contributed by atoms with van der Waals surface area (Å²) in [7, 11) is 2.18. The predicted octanol–water partition coefficient (Wildman–Crippen LogP) is 6.49. The fourth-order valence-corrected chi connectivity index (χ4v) is 5.51. The Morgan fingerprint density at radius 2 is 1.35 bits per heavy atom. The van der Waals surface area contributed by atoms with Gasteiger partial charge in [0.2, 0.25) is 0 Å². The van der Waals surface area contributed by atoms with E-state index in [9.17, 15) is 0 Å². The molecule has 0 radical (unpaired) electrons. The molecule has 0 fully saturated rings. The molecular formula is C23H16N2S. The quantitative estimate of drug-likeness (QED) is 0.320. The zero-order chi connectivity index (χ0) is 17.3. The monoisotopic (exact) mass is 352 g/mol. The van der Waals surface area contributed by atoms with Crippen molar-refractivity contribution in [3.05, 3.63) is 78.9 Å². The summed E-state index contributed by atoms with van der Waals surface area (Å²) in [4.78, 5) is 1.34. The first-order chi connectivity index (χ1) is 12.8. The summed E-state index contributed by atoms with van der Waals surface area (Å²) in [6.45, 7) is 0. The van der Waals surface area contributed by atoms with E-state index in [0.717, 1.165) is 0 Å². The van der Waals surface area contributed by atoms with Gasteiger partial charge in [0.05, 0.1) is 15.7 Å². The molecule has 3 heterocycles. The molecule has 0 N–H and O–H groups in total. The van der Waals surface area contributed by atoms with Crippen LogP contribution in [0.1, 0.15) is 0 Å². The van der Waals surface area contributed by atoms with Gasteiger partial charge >= 0.3 is 0 Å². The van der Waals surface area contributed by atoms with Crippen LogP contribution in [0.15, 0.2) is 78.9 Å². The third kappa shape index (κ3) is 1.66. The van der Waals surface area contributed by atoms with E-state index in [1.54, 1.807) is 0 Å². The first-order valence-corrected chi connectivity index (χ1v) is 9.61. The molecule has 0 aliphatic heterocycles.